The topological polar surface area (TPSA) is 75.7 Å². The number of carbonyl (C=O) groups excluding carboxylic acids is 1. The van der Waals surface area contributed by atoms with Gasteiger partial charge in [-0.05, 0) is 18.9 Å². The van der Waals surface area contributed by atoms with Gasteiger partial charge in [0.2, 0.25) is 5.91 Å². The Labute approximate surface area is 108 Å². The molecule has 0 aromatic heterocycles. The molecule has 0 aromatic carbocycles. The molecule has 0 saturated carbocycles. The van der Waals surface area contributed by atoms with Crippen LogP contribution >= 0.6 is 0 Å². The van der Waals surface area contributed by atoms with E-state index in [1.807, 2.05) is 0 Å². The first-order valence-electron chi connectivity index (χ1n) is 6.33. The molecule has 18 heavy (non-hydrogen) atoms. The third-order valence-corrected chi connectivity index (χ3v) is 5.24. The zero-order valence-corrected chi connectivity index (χ0v) is 11.2. The Morgan fingerprint density at radius 1 is 1.33 bits per heavy atom. The van der Waals surface area contributed by atoms with Gasteiger partial charge in [-0.15, -0.1) is 0 Å². The standard InChI is InChI=1S/C11H20N2O4S/c14-11(13-2-4-17-5-3-13)8-12-7-10-1-6-18(15,16)9-10/h10,12H,1-9H2. The van der Waals surface area contributed by atoms with Crippen LogP contribution < -0.4 is 5.32 Å². The number of amides is 1. The van der Waals surface area contributed by atoms with Gasteiger partial charge in [0.1, 0.15) is 0 Å². The van der Waals surface area contributed by atoms with E-state index >= 15 is 0 Å². The van der Waals surface area contributed by atoms with E-state index in [0.29, 0.717) is 39.3 Å². The summed E-state index contributed by atoms with van der Waals surface area (Å²) in [5.41, 5.74) is 0. The van der Waals surface area contributed by atoms with Crippen molar-refractivity contribution >= 4 is 15.7 Å². The lowest BCUT2D eigenvalue weighted by Crippen LogP contribution is -2.45. The molecule has 1 N–H and O–H groups in total. The van der Waals surface area contributed by atoms with Gasteiger partial charge < -0.3 is 15.0 Å². The first-order valence-corrected chi connectivity index (χ1v) is 8.15. The fourth-order valence-corrected chi connectivity index (χ4v) is 4.20. The average molecular weight is 276 g/mol. The molecular formula is C11H20N2O4S. The Balaban J connectivity index is 1.64. The second-order valence-electron chi connectivity index (χ2n) is 4.89. The Morgan fingerprint density at radius 2 is 2.06 bits per heavy atom. The fourth-order valence-electron chi connectivity index (χ4n) is 2.34. The molecule has 0 bridgehead atoms. The van der Waals surface area contributed by atoms with E-state index in [9.17, 15) is 13.2 Å². The van der Waals surface area contributed by atoms with Crippen LogP contribution in [0.4, 0.5) is 0 Å². The minimum atomic E-state index is -2.82. The molecule has 104 valence electrons. The molecule has 2 saturated heterocycles. The maximum absolute atomic E-state index is 11.8. The molecule has 1 amide bonds. The number of ether oxygens (including phenoxy) is 1. The Hall–Kier alpha value is -0.660. The van der Waals surface area contributed by atoms with E-state index < -0.39 is 9.84 Å². The van der Waals surface area contributed by atoms with Gasteiger partial charge in [-0.3, -0.25) is 4.79 Å². The molecule has 2 fully saturated rings. The molecule has 2 aliphatic rings. The summed E-state index contributed by atoms with van der Waals surface area (Å²) < 4.78 is 27.7. The van der Waals surface area contributed by atoms with Crippen molar-refractivity contribution in [2.24, 2.45) is 5.92 Å². The predicted octanol–water partition coefficient (Wildman–Crippen LogP) is -1.13. The highest BCUT2D eigenvalue weighted by Gasteiger charge is 2.27. The first-order chi connectivity index (χ1) is 8.57. The smallest absolute Gasteiger partial charge is 0.236 e. The lowest BCUT2D eigenvalue weighted by atomic mass is 10.1. The van der Waals surface area contributed by atoms with Crippen molar-refractivity contribution in [2.45, 2.75) is 6.42 Å². The highest BCUT2D eigenvalue weighted by molar-refractivity contribution is 7.91. The lowest BCUT2D eigenvalue weighted by molar-refractivity contribution is -0.134. The summed E-state index contributed by atoms with van der Waals surface area (Å²) in [6.07, 6.45) is 0.709. The number of hydrogen-bond donors (Lipinski definition) is 1. The number of carbonyl (C=O) groups is 1. The number of hydrogen-bond acceptors (Lipinski definition) is 5. The average Bonchev–Trinajstić information content (AvgIpc) is 2.70. The summed E-state index contributed by atoms with van der Waals surface area (Å²) in [5, 5.41) is 3.07. The van der Waals surface area contributed by atoms with Crippen molar-refractivity contribution in [1.82, 2.24) is 10.2 Å². The van der Waals surface area contributed by atoms with Crippen LogP contribution in [0.3, 0.4) is 0 Å². The molecule has 7 heteroatoms. The van der Waals surface area contributed by atoms with Crippen molar-refractivity contribution < 1.29 is 17.9 Å². The molecule has 0 aromatic rings. The molecule has 1 unspecified atom stereocenters. The number of nitrogens with zero attached hydrogens (tertiary/aromatic N) is 1. The Kier molecular flexibility index (Phi) is 4.58. The van der Waals surface area contributed by atoms with Crippen LogP contribution in [0.1, 0.15) is 6.42 Å². The van der Waals surface area contributed by atoms with Crippen LogP contribution in [0, 0.1) is 5.92 Å². The number of rotatable bonds is 4. The molecule has 2 heterocycles. The maximum Gasteiger partial charge on any atom is 0.236 e. The molecule has 2 rings (SSSR count). The van der Waals surface area contributed by atoms with Gasteiger partial charge in [0, 0.05) is 13.1 Å². The van der Waals surface area contributed by atoms with E-state index in [4.69, 9.17) is 4.74 Å². The molecular weight excluding hydrogens is 256 g/mol. The Morgan fingerprint density at radius 3 is 2.67 bits per heavy atom. The van der Waals surface area contributed by atoms with Crippen LogP contribution in [0.15, 0.2) is 0 Å². The van der Waals surface area contributed by atoms with Gasteiger partial charge in [0.05, 0.1) is 31.3 Å². The number of nitrogens with one attached hydrogen (secondary N) is 1. The number of sulfone groups is 1. The second kappa shape index (κ2) is 5.99. The van der Waals surface area contributed by atoms with Gasteiger partial charge in [0.25, 0.3) is 0 Å². The van der Waals surface area contributed by atoms with Crippen molar-refractivity contribution in [3.05, 3.63) is 0 Å². The van der Waals surface area contributed by atoms with Gasteiger partial charge in [-0.25, -0.2) is 8.42 Å². The van der Waals surface area contributed by atoms with Crippen LogP contribution in [0.2, 0.25) is 0 Å². The zero-order chi connectivity index (χ0) is 13.0. The normalized spacial score (nSPS) is 27.3. The summed E-state index contributed by atoms with van der Waals surface area (Å²) in [7, 11) is -2.82. The lowest BCUT2D eigenvalue weighted by Gasteiger charge is -2.27. The summed E-state index contributed by atoms with van der Waals surface area (Å²) in [5.74, 6) is 0.773. The summed E-state index contributed by atoms with van der Waals surface area (Å²) in [6.45, 7) is 3.40. The van der Waals surface area contributed by atoms with E-state index in [-0.39, 0.29) is 29.9 Å². The molecule has 0 spiro atoms. The van der Waals surface area contributed by atoms with Crippen LogP contribution in [0.5, 0.6) is 0 Å². The predicted molar refractivity (Wildman–Crippen MR) is 67.0 cm³/mol. The molecule has 1 atom stereocenters. The highest BCUT2D eigenvalue weighted by Crippen LogP contribution is 2.17. The van der Waals surface area contributed by atoms with Gasteiger partial charge in [0.15, 0.2) is 9.84 Å². The van der Waals surface area contributed by atoms with Crippen LogP contribution in [0.25, 0.3) is 0 Å². The van der Waals surface area contributed by atoms with Gasteiger partial charge in [-0.2, -0.15) is 0 Å². The fraction of sp³-hybridized carbons (Fsp3) is 0.909. The van der Waals surface area contributed by atoms with Crippen molar-refractivity contribution in [3.63, 3.8) is 0 Å². The molecule has 0 radical (unpaired) electrons. The van der Waals surface area contributed by atoms with E-state index in [1.165, 1.54) is 0 Å². The van der Waals surface area contributed by atoms with E-state index in [2.05, 4.69) is 5.32 Å². The Bertz CT molecular complexity index is 390. The minimum Gasteiger partial charge on any atom is -0.378 e. The molecule has 6 nitrogen and oxygen atoms in total. The van der Waals surface area contributed by atoms with Crippen LogP contribution in [-0.2, 0) is 19.4 Å². The van der Waals surface area contributed by atoms with E-state index in [1.54, 1.807) is 4.90 Å². The van der Waals surface area contributed by atoms with Crippen LogP contribution in [-0.4, -0.2) is 70.1 Å². The summed E-state index contributed by atoms with van der Waals surface area (Å²) in [4.78, 5) is 13.6. The summed E-state index contributed by atoms with van der Waals surface area (Å²) >= 11 is 0. The van der Waals surface area contributed by atoms with Crippen molar-refractivity contribution in [1.29, 1.82) is 0 Å². The van der Waals surface area contributed by atoms with E-state index in [0.717, 1.165) is 0 Å². The van der Waals surface area contributed by atoms with Crippen molar-refractivity contribution in [2.75, 3.05) is 50.9 Å². The third-order valence-electron chi connectivity index (χ3n) is 3.40. The van der Waals surface area contributed by atoms with Crippen molar-refractivity contribution in [3.8, 4) is 0 Å². The monoisotopic (exact) mass is 276 g/mol. The largest absolute Gasteiger partial charge is 0.378 e. The number of morpholine rings is 1. The molecule has 2 aliphatic heterocycles. The SMILES string of the molecule is O=C(CNCC1CCS(=O)(=O)C1)N1CCOCC1. The summed E-state index contributed by atoms with van der Waals surface area (Å²) in [6, 6.07) is 0. The first kappa shape index (κ1) is 13.8. The second-order valence-corrected chi connectivity index (χ2v) is 7.12. The quantitative estimate of drug-likeness (QED) is 0.703. The zero-order valence-electron chi connectivity index (χ0n) is 10.4. The van der Waals surface area contributed by atoms with Gasteiger partial charge in [-0.1, -0.05) is 0 Å². The third kappa shape index (κ3) is 3.93. The highest BCUT2D eigenvalue weighted by atomic mass is 32.2. The van der Waals surface area contributed by atoms with Gasteiger partial charge >= 0.3 is 0 Å². The molecule has 0 aliphatic carbocycles. The minimum absolute atomic E-state index is 0.0687. The maximum atomic E-state index is 11.8.